The van der Waals surface area contributed by atoms with Gasteiger partial charge in [0.1, 0.15) is 5.69 Å². The molecule has 1 amide bonds. The molecule has 0 bridgehead atoms. The number of alkyl halides is 3. The number of morpholine rings is 1. The Kier molecular flexibility index (Phi) is 3.53. The van der Waals surface area contributed by atoms with Crippen molar-refractivity contribution in [2.24, 2.45) is 7.05 Å². The van der Waals surface area contributed by atoms with Crippen LogP contribution in [0.5, 0.6) is 0 Å². The predicted molar refractivity (Wildman–Crippen MR) is 59.5 cm³/mol. The molecule has 1 aromatic heterocycles. The summed E-state index contributed by atoms with van der Waals surface area (Å²) in [4.78, 5) is 12.9. The SMILES string of the molecule is C[C@@H]1OCCN(C(=O)c2ccn(C)n2)[C@@H]1C(F)(F)F. The van der Waals surface area contributed by atoms with E-state index in [2.05, 4.69) is 5.10 Å². The van der Waals surface area contributed by atoms with Crippen LogP contribution < -0.4 is 0 Å². The zero-order chi connectivity index (χ0) is 14.2. The molecule has 106 valence electrons. The Hall–Kier alpha value is -1.57. The van der Waals surface area contributed by atoms with E-state index in [0.29, 0.717) is 0 Å². The van der Waals surface area contributed by atoms with E-state index >= 15 is 0 Å². The lowest BCUT2D eigenvalue weighted by Gasteiger charge is -2.40. The molecule has 5 nitrogen and oxygen atoms in total. The van der Waals surface area contributed by atoms with Crippen molar-refractivity contribution in [3.8, 4) is 0 Å². The van der Waals surface area contributed by atoms with Crippen LogP contribution in [0.3, 0.4) is 0 Å². The second kappa shape index (κ2) is 4.84. The van der Waals surface area contributed by atoms with Crippen LogP contribution in [-0.2, 0) is 11.8 Å². The van der Waals surface area contributed by atoms with E-state index in [-0.39, 0.29) is 18.8 Å². The topological polar surface area (TPSA) is 47.4 Å². The van der Waals surface area contributed by atoms with Gasteiger partial charge >= 0.3 is 6.18 Å². The fraction of sp³-hybridized carbons (Fsp3) is 0.636. The highest BCUT2D eigenvalue weighted by molar-refractivity contribution is 5.92. The number of carbonyl (C=O) groups excluding carboxylic acids is 1. The van der Waals surface area contributed by atoms with Gasteiger partial charge < -0.3 is 9.64 Å². The minimum atomic E-state index is -4.52. The summed E-state index contributed by atoms with van der Waals surface area (Å²) in [6.45, 7) is 1.31. The van der Waals surface area contributed by atoms with E-state index in [4.69, 9.17) is 4.74 Å². The van der Waals surface area contributed by atoms with Crippen LogP contribution in [0.25, 0.3) is 0 Å². The van der Waals surface area contributed by atoms with E-state index in [0.717, 1.165) is 4.90 Å². The maximum atomic E-state index is 13.0. The number of aryl methyl sites for hydroxylation is 1. The highest BCUT2D eigenvalue weighted by Crippen LogP contribution is 2.31. The number of hydrogen-bond donors (Lipinski definition) is 0. The molecule has 1 aliphatic heterocycles. The minimum Gasteiger partial charge on any atom is -0.374 e. The van der Waals surface area contributed by atoms with Gasteiger partial charge in [-0.3, -0.25) is 9.48 Å². The molecule has 0 N–H and O–H groups in total. The zero-order valence-corrected chi connectivity index (χ0v) is 10.5. The number of ether oxygens (including phenoxy) is 1. The molecule has 8 heteroatoms. The second-order valence-corrected chi connectivity index (χ2v) is 4.44. The number of amides is 1. The molecule has 0 radical (unpaired) electrons. The van der Waals surface area contributed by atoms with Gasteiger partial charge in [0.2, 0.25) is 0 Å². The summed E-state index contributed by atoms with van der Waals surface area (Å²) in [5.74, 6) is -0.724. The number of nitrogens with zero attached hydrogens (tertiary/aromatic N) is 3. The molecule has 0 aromatic carbocycles. The summed E-state index contributed by atoms with van der Waals surface area (Å²) in [6, 6.07) is -0.536. The van der Waals surface area contributed by atoms with E-state index < -0.39 is 24.2 Å². The van der Waals surface area contributed by atoms with Gasteiger partial charge in [-0.1, -0.05) is 0 Å². The lowest BCUT2D eigenvalue weighted by Crippen LogP contribution is -2.59. The average Bonchev–Trinajstić information content (AvgIpc) is 2.73. The Bertz CT molecular complexity index is 472. The van der Waals surface area contributed by atoms with Gasteiger partial charge in [-0.05, 0) is 13.0 Å². The fourth-order valence-electron chi connectivity index (χ4n) is 2.17. The standard InChI is InChI=1S/C11H14F3N3O2/c1-7-9(11(12,13)14)17(5-6-19-7)10(18)8-3-4-16(2)15-8/h3-4,7,9H,5-6H2,1-2H3/t7-,9-/m0/s1. The first-order valence-corrected chi connectivity index (χ1v) is 5.79. The van der Waals surface area contributed by atoms with Gasteiger partial charge in [0.15, 0.2) is 6.04 Å². The van der Waals surface area contributed by atoms with Crippen LogP contribution in [0.1, 0.15) is 17.4 Å². The third-order valence-corrected chi connectivity index (χ3v) is 3.02. The summed E-state index contributed by atoms with van der Waals surface area (Å²) in [5.41, 5.74) is 0.00542. The molecule has 0 unspecified atom stereocenters. The predicted octanol–water partition coefficient (Wildman–Crippen LogP) is 1.21. The normalized spacial score (nSPS) is 24.6. The second-order valence-electron chi connectivity index (χ2n) is 4.44. The molecule has 2 atom stereocenters. The highest BCUT2D eigenvalue weighted by atomic mass is 19.4. The first-order chi connectivity index (χ1) is 8.80. The van der Waals surface area contributed by atoms with Gasteiger partial charge in [0, 0.05) is 19.8 Å². The summed E-state index contributed by atoms with van der Waals surface area (Å²) in [7, 11) is 1.60. The van der Waals surface area contributed by atoms with Crippen molar-refractivity contribution in [2.45, 2.75) is 25.2 Å². The van der Waals surface area contributed by atoms with Crippen molar-refractivity contribution < 1.29 is 22.7 Å². The van der Waals surface area contributed by atoms with Crippen molar-refractivity contribution in [2.75, 3.05) is 13.2 Å². The summed E-state index contributed by atoms with van der Waals surface area (Å²) in [5, 5.41) is 3.84. The first-order valence-electron chi connectivity index (χ1n) is 5.79. The number of hydrogen-bond acceptors (Lipinski definition) is 3. The Labute approximate surface area is 107 Å². The Morgan fingerprint density at radius 1 is 1.53 bits per heavy atom. The van der Waals surface area contributed by atoms with Crippen LogP contribution in [0.15, 0.2) is 12.3 Å². The van der Waals surface area contributed by atoms with E-state index in [9.17, 15) is 18.0 Å². The molecule has 1 aliphatic rings. The molecule has 1 fully saturated rings. The summed E-state index contributed by atoms with van der Waals surface area (Å²) < 4.78 is 45.4. The largest absolute Gasteiger partial charge is 0.411 e. The molecule has 0 saturated carbocycles. The van der Waals surface area contributed by atoms with Crippen LogP contribution in [0, 0.1) is 0 Å². The Morgan fingerprint density at radius 3 is 2.74 bits per heavy atom. The molecule has 0 aliphatic carbocycles. The Morgan fingerprint density at radius 2 is 2.21 bits per heavy atom. The number of rotatable bonds is 1. The van der Waals surface area contributed by atoms with E-state index in [1.54, 1.807) is 7.05 Å². The minimum absolute atomic E-state index is 0.00542. The van der Waals surface area contributed by atoms with Gasteiger partial charge in [-0.2, -0.15) is 18.3 Å². The van der Waals surface area contributed by atoms with Crippen molar-refractivity contribution in [1.29, 1.82) is 0 Å². The quantitative estimate of drug-likeness (QED) is 0.775. The smallest absolute Gasteiger partial charge is 0.374 e. The third kappa shape index (κ3) is 2.73. The summed E-state index contributed by atoms with van der Waals surface area (Å²) >= 11 is 0. The number of carbonyl (C=O) groups is 1. The highest BCUT2D eigenvalue weighted by Gasteiger charge is 2.51. The molecule has 1 aromatic rings. The zero-order valence-electron chi connectivity index (χ0n) is 10.5. The molecule has 19 heavy (non-hydrogen) atoms. The van der Waals surface area contributed by atoms with Crippen LogP contribution in [-0.4, -0.2) is 52.1 Å². The lowest BCUT2D eigenvalue weighted by molar-refractivity contribution is -0.220. The van der Waals surface area contributed by atoms with E-state index in [1.807, 2.05) is 0 Å². The van der Waals surface area contributed by atoms with Crippen molar-refractivity contribution in [3.63, 3.8) is 0 Å². The molecular weight excluding hydrogens is 263 g/mol. The third-order valence-electron chi connectivity index (χ3n) is 3.02. The van der Waals surface area contributed by atoms with Crippen LogP contribution >= 0.6 is 0 Å². The van der Waals surface area contributed by atoms with Gasteiger partial charge in [0.05, 0.1) is 12.7 Å². The monoisotopic (exact) mass is 277 g/mol. The Balaban J connectivity index is 2.27. The molecule has 2 heterocycles. The molecule has 0 spiro atoms. The molecule has 2 rings (SSSR count). The van der Waals surface area contributed by atoms with Crippen LogP contribution in [0.4, 0.5) is 13.2 Å². The van der Waals surface area contributed by atoms with Gasteiger partial charge in [0.25, 0.3) is 5.91 Å². The van der Waals surface area contributed by atoms with Crippen molar-refractivity contribution in [3.05, 3.63) is 18.0 Å². The molecular formula is C11H14F3N3O2. The molecule has 1 saturated heterocycles. The number of halogens is 3. The van der Waals surface area contributed by atoms with Gasteiger partial charge in [-0.25, -0.2) is 0 Å². The summed E-state index contributed by atoms with van der Waals surface area (Å²) in [6.07, 6.45) is -4.09. The maximum Gasteiger partial charge on any atom is 0.411 e. The van der Waals surface area contributed by atoms with Gasteiger partial charge in [-0.15, -0.1) is 0 Å². The fourth-order valence-corrected chi connectivity index (χ4v) is 2.17. The van der Waals surface area contributed by atoms with Crippen LogP contribution in [0.2, 0.25) is 0 Å². The lowest BCUT2D eigenvalue weighted by atomic mass is 10.1. The van der Waals surface area contributed by atoms with E-state index in [1.165, 1.54) is 23.9 Å². The van der Waals surface area contributed by atoms with Crippen molar-refractivity contribution in [1.82, 2.24) is 14.7 Å². The first kappa shape index (κ1) is 13.9. The van der Waals surface area contributed by atoms with Crippen molar-refractivity contribution >= 4 is 5.91 Å². The maximum absolute atomic E-state index is 13.0. The number of aromatic nitrogens is 2. The average molecular weight is 277 g/mol.